The van der Waals surface area contributed by atoms with E-state index in [9.17, 15) is 8.42 Å². The van der Waals surface area contributed by atoms with Crippen LogP contribution in [0, 0.1) is 6.92 Å². The summed E-state index contributed by atoms with van der Waals surface area (Å²) in [5, 5.41) is 0. The average Bonchev–Trinajstić information content (AvgIpc) is 3.30. The Morgan fingerprint density at radius 1 is 1.19 bits per heavy atom. The molecule has 3 rings (SSSR count). The molecule has 1 heterocycles. The minimum atomic E-state index is -3.58. The summed E-state index contributed by atoms with van der Waals surface area (Å²) in [5.74, 6) is 0.384. The fourth-order valence-corrected chi connectivity index (χ4v) is 3.42. The Kier molecular flexibility index (Phi) is 3.69. The predicted octanol–water partition coefficient (Wildman–Crippen LogP) is 2.61. The SMILES string of the molecule is Cc1ccc(S(=O)(=O)c2ccccc2)c(OCC2CO2)c1. The van der Waals surface area contributed by atoms with Crippen LogP contribution in [-0.4, -0.2) is 27.7 Å². The fraction of sp³-hybridized carbons (Fsp3) is 0.250. The monoisotopic (exact) mass is 304 g/mol. The summed E-state index contributed by atoms with van der Waals surface area (Å²) in [6, 6.07) is 13.5. The summed E-state index contributed by atoms with van der Waals surface area (Å²) in [4.78, 5) is 0.460. The van der Waals surface area contributed by atoms with Gasteiger partial charge in [0.1, 0.15) is 23.4 Å². The summed E-state index contributed by atoms with van der Waals surface area (Å²) >= 11 is 0. The van der Waals surface area contributed by atoms with Crippen molar-refractivity contribution in [3.05, 3.63) is 54.1 Å². The lowest BCUT2D eigenvalue weighted by Gasteiger charge is -2.12. The molecule has 2 aromatic rings. The second-order valence-corrected chi connectivity index (χ2v) is 6.95. The van der Waals surface area contributed by atoms with Crippen molar-refractivity contribution in [2.24, 2.45) is 0 Å². The minimum Gasteiger partial charge on any atom is -0.489 e. The van der Waals surface area contributed by atoms with Gasteiger partial charge in [-0.3, -0.25) is 0 Å². The molecule has 1 atom stereocenters. The second-order valence-electron chi connectivity index (χ2n) is 5.03. The number of sulfone groups is 1. The molecule has 5 heteroatoms. The Balaban J connectivity index is 2.00. The van der Waals surface area contributed by atoms with Crippen molar-refractivity contribution in [2.45, 2.75) is 22.8 Å². The van der Waals surface area contributed by atoms with E-state index in [2.05, 4.69) is 0 Å². The number of hydrogen-bond donors (Lipinski definition) is 0. The molecule has 4 nitrogen and oxygen atoms in total. The van der Waals surface area contributed by atoms with Crippen LogP contribution >= 0.6 is 0 Å². The highest BCUT2D eigenvalue weighted by Crippen LogP contribution is 2.31. The van der Waals surface area contributed by atoms with Crippen molar-refractivity contribution in [2.75, 3.05) is 13.2 Å². The van der Waals surface area contributed by atoms with Crippen molar-refractivity contribution < 1.29 is 17.9 Å². The van der Waals surface area contributed by atoms with Crippen LogP contribution < -0.4 is 4.74 Å². The summed E-state index contributed by atoms with van der Waals surface area (Å²) < 4.78 is 36.2. The Bertz CT molecular complexity index is 734. The summed E-state index contributed by atoms with van der Waals surface area (Å²) in [7, 11) is -3.58. The average molecular weight is 304 g/mol. The van der Waals surface area contributed by atoms with E-state index in [0.29, 0.717) is 19.0 Å². The highest BCUT2D eigenvalue weighted by molar-refractivity contribution is 7.91. The van der Waals surface area contributed by atoms with Crippen LogP contribution in [0.2, 0.25) is 0 Å². The second kappa shape index (κ2) is 5.50. The largest absolute Gasteiger partial charge is 0.489 e. The third-order valence-corrected chi connectivity index (χ3v) is 5.08. The Labute approximate surface area is 124 Å². The van der Waals surface area contributed by atoms with Crippen LogP contribution in [0.1, 0.15) is 5.56 Å². The molecular weight excluding hydrogens is 288 g/mol. The van der Waals surface area contributed by atoms with Crippen LogP contribution in [0.3, 0.4) is 0 Å². The standard InChI is InChI=1S/C16H16O4S/c1-12-7-8-16(15(9-12)20-11-13-10-19-13)21(17,18)14-5-3-2-4-6-14/h2-9,13H,10-11H2,1H3. The number of aryl methyl sites for hydroxylation is 1. The van der Waals surface area contributed by atoms with E-state index in [4.69, 9.17) is 9.47 Å². The number of hydrogen-bond acceptors (Lipinski definition) is 4. The molecule has 0 bridgehead atoms. The maximum absolute atomic E-state index is 12.7. The van der Waals surface area contributed by atoms with E-state index < -0.39 is 9.84 Å². The van der Waals surface area contributed by atoms with Crippen molar-refractivity contribution in [1.82, 2.24) is 0 Å². The zero-order valence-corrected chi connectivity index (χ0v) is 12.5. The zero-order chi connectivity index (χ0) is 14.9. The molecule has 0 radical (unpaired) electrons. The quantitative estimate of drug-likeness (QED) is 0.797. The minimum absolute atomic E-state index is 0.0813. The molecular formula is C16H16O4S. The lowest BCUT2D eigenvalue weighted by atomic mass is 10.2. The van der Waals surface area contributed by atoms with Crippen molar-refractivity contribution in [1.29, 1.82) is 0 Å². The normalized spacial score (nSPS) is 17.5. The van der Waals surface area contributed by atoms with Gasteiger partial charge in [0.25, 0.3) is 0 Å². The number of benzene rings is 2. The molecule has 0 amide bonds. The highest BCUT2D eigenvalue weighted by Gasteiger charge is 2.26. The lowest BCUT2D eigenvalue weighted by molar-refractivity contribution is 0.258. The van der Waals surface area contributed by atoms with Gasteiger partial charge in [-0.05, 0) is 36.8 Å². The van der Waals surface area contributed by atoms with E-state index in [0.717, 1.165) is 5.56 Å². The van der Waals surface area contributed by atoms with Gasteiger partial charge in [-0.1, -0.05) is 24.3 Å². The van der Waals surface area contributed by atoms with Gasteiger partial charge in [-0.2, -0.15) is 0 Å². The molecule has 0 aromatic heterocycles. The first-order valence-corrected chi connectivity index (χ1v) is 8.21. The predicted molar refractivity (Wildman–Crippen MR) is 78.3 cm³/mol. The summed E-state index contributed by atoms with van der Waals surface area (Å²) in [6.07, 6.45) is 0.0813. The third-order valence-electron chi connectivity index (χ3n) is 3.27. The van der Waals surface area contributed by atoms with Gasteiger partial charge in [-0.25, -0.2) is 8.42 Å². The third kappa shape index (κ3) is 3.09. The first-order chi connectivity index (χ1) is 10.1. The number of ether oxygens (including phenoxy) is 2. The van der Waals surface area contributed by atoms with E-state index in [1.165, 1.54) is 0 Å². The Morgan fingerprint density at radius 3 is 2.57 bits per heavy atom. The van der Waals surface area contributed by atoms with Gasteiger partial charge in [0.2, 0.25) is 9.84 Å². The van der Waals surface area contributed by atoms with Gasteiger partial charge in [0.15, 0.2) is 0 Å². The first-order valence-electron chi connectivity index (χ1n) is 6.72. The van der Waals surface area contributed by atoms with Gasteiger partial charge < -0.3 is 9.47 Å². The van der Waals surface area contributed by atoms with E-state index >= 15 is 0 Å². The Hall–Kier alpha value is -1.85. The number of epoxide rings is 1. The molecule has 1 unspecified atom stereocenters. The molecule has 1 aliphatic rings. The molecule has 0 spiro atoms. The molecule has 1 fully saturated rings. The highest BCUT2D eigenvalue weighted by atomic mass is 32.2. The lowest BCUT2D eigenvalue weighted by Crippen LogP contribution is -2.09. The van der Waals surface area contributed by atoms with Gasteiger partial charge >= 0.3 is 0 Å². The maximum atomic E-state index is 12.7. The molecule has 0 aliphatic carbocycles. The van der Waals surface area contributed by atoms with Gasteiger partial charge in [0, 0.05) is 0 Å². The van der Waals surface area contributed by atoms with Gasteiger partial charge in [0.05, 0.1) is 11.5 Å². The molecule has 0 saturated carbocycles. The first kappa shape index (κ1) is 14.1. The van der Waals surface area contributed by atoms with E-state index in [1.807, 2.05) is 6.92 Å². The van der Waals surface area contributed by atoms with Crippen molar-refractivity contribution in [3.63, 3.8) is 0 Å². The van der Waals surface area contributed by atoms with E-state index in [1.54, 1.807) is 48.5 Å². The fourth-order valence-electron chi connectivity index (χ4n) is 2.02. The number of rotatable bonds is 5. The molecule has 1 aliphatic heterocycles. The molecule has 21 heavy (non-hydrogen) atoms. The summed E-state index contributed by atoms with van der Waals surface area (Å²) in [5.41, 5.74) is 0.953. The smallest absolute Gasteiger partial charge is 0.210 e. The van der Waals surface area contributed by atoms with Crippen LogP contribution in [0.5, 0.6) is 5.75 Å². The maximum Gasteiger partial charge on any atom is 0.210 e. The van der Waals surface area contributed by atoms with Crippen LogP contribution in [0.15, 0.2) is 58.3 Å². The van der Waals surface area contributed by atoms with Gasteiger partial charge in [-0.15, -0.1) is 0 Å². The van der Waals surface area contributed by atoms with Crippen LogP contribution in [0.4, 0.5) is 0 Å². The molecule has 0 N–H and O–H groups in total. The molecule has 2 aromatic carbocycles. The van der Waals surface area contributed by atoms with Crippen LogP contribution in [0.25, 0.3) is 0 Å². The van der Waals surface area contributed by atoms with Crippen molar-refractivity contribution >= 4 is 9.84 Å². The zero-order valence-electron chi connectivity index (χ0n) is 11.7. The topological polar surface area (TPSA) is 55.9 Å². The molecule has 1 saturated heterocycles. The summed E-state index contributed by atoms with van der Waals surface area (Å²) in [6.45, 7) is 2.95. The van der Waals surface area contributed by atoms with Crippen molar-refractivity contribution in [3.8, 4) is 5.75 Å². The van der Waals surface area contributed by atoms with E-state index in [-0.39, 0.29) is 15.9 Å². The van der Waals surface area contributed by atoms with Crippen LogP contribution in [-0.2, 0) is 14.6 Å². The molecule has 110 valence electrons. The Morgan fingerprint density at radius 2 is 1.90 bits per heavy atom.